The summed E-state index contributed by atoms with van der Waals surface area (Å²) in [4.78, 5) is 1.92. The topological polar surface area (TPSA) is 3.24 Å². The maximum absolute atomic E-state index is 13.4. The molecule has 78 valence electrons. The van der Waals surface area contributed by atoms with Crippen LogP contribution in [0.1, 0.15) is 34.1 Å². The molecule has 3 heteroatoms. The van der Waals surface area contributed by atoms with E-state index in [2.05, 4.69) is 0 Å². The van der Waals surface area contributed by atoms with E-state index in [1.807, 2.05) is 32.6 Å². The molecule has 0 aromatic rings. The van der Waals surface area contributed by atoms with Crippen molar-refractivity contribution in [2.45, 2.75) is 52.1 Å². The summed E-state index contributed by atoms with van der Waals surface area (Å²) >= 11 is 0. The zero-order chi connectivity index (χ0) is 10.2. The van der Waals surface area contributed by atoms with Gasteiger partial charge in [-0.15, -0.1) is 0 Å². The molecule has 0 N–H and O–H groups in total. The Hall–Kier alpha value is -0.180. The lowest BCUT2D eigenvalue weighted by atomic mass is 9.98. The minimum absolute atomic E-state index is 0.0219. The van der Waals surface area contributed by atoms with Crippen LogP contribution in [0.3, 0.4) is 0 Å². The van der Waals surface area contributed by atoms with Crippen LogP contribution in [0, 0.1) is 5.92 Å². The average molecular weight is 191 g/mol. The smallest absolute Gasteiger partial charge is 0.264 e. The fourth-order valence-corrected chi connectivity index (χ4v) is 2.26. The van der Waals surface area contributed by atoms with Gasteiger partial charge in [-0.25, -0.2) is 8.78 Å². The minimum atomic E-state index is -2.49. The molecule has 1 nitrogen and oxygen atoms in total. The lowest BCUT2D eigenvalue weighted by Gasteiger charge is -2.33. The van der Waals surface area contributed by atoms with Crippen LogP contribution in [0.15, 0.2) is 0 Å². The van der Waals surface area contributed by atoms with Crippen LogP contribution in [0.25, 0.3) is 0 Å². The number of hydrogen-bond acceptors (Lipinski definition) is 1. The van der Waals surface area contributed by atoms with Crippen LogP contribution < -0.4 is 0 Å². The van der Waals surface area contributed by atoms with Crippen molar-refractivity contribution in [3.63, 3.8) is 0 Å². The van der Waals surface area contributed by atoms with Crippen molar-refractivity contribution < 1.29 is 8.78 Å². The summed E-state index contributed by atoms with van der Waals surface area (Å²) in [5.41, 5.74) is 0. The Kier molecular flexibility index (Phi) is 2.95. The Morgan fingerprint density at radius 1 is 1.23 bits per heavy atom. The van der Waals surface area contributed by atoms with Gasteiger partial charge in [0.2, 0.25) is 0 Å². The molecule has 0 amide bonds. The van der Waals surface area contributed by atoms with Gasteiger partial charge in [-0.1, -0.05) is 13.8 Å². The summed E-state index contributed by atoms with van der Waals surface area (Å²) in [5, 5.41) is 0. The quantitative estimate of drug-likeness (QED) is 0.648. The molecule has 1 heterocycles. The highest BCUT2D eigenvalue weighted by Crippen LogP contribution is 2.38. The predicted molar refractivity (Wildman–Crippen MR) is 50.0 cm³/mol. The van der Waals surface area contributed by atoms with E-state index in [-0.39, 0.29) is 18.4 Å². The van der Waals surface area contributed by atoms with Gasteiger partial charge in [-0.05, 0) is 19.8 Å². The third kappa shape index (κ3) is 2.01. The van der Waals surface area contributed by atoms with Gasteiger partial charge >= 0.3 is 0 Å². The molecule has 1 saturated heterocycles. The van der Waals surface area contributed by atoms with E-state index >= 15 is 0 Å². The fourth-order valence-electron chi connectivity index (χ4n) is 2.26. The van der Waals surface area contributed by atoms with Gasteiger partial charge in [0.1, 0.15) is 0 Å². The van der Waals surface area contributed by atoms with E-state index in [1.165, 1.54) is 0 Å². The summed E-state index contributed by atoms with van der Waals surface area (Å²) < 4.78 is 26.9. The molecule has 0 radical (unpaired) electrons. The van der Waals surface area contributed by atoms with E-state index in [4.69, 9.17) is 0 Å². The zero-order valence-electron chi connectivity index (χ0n) is 8.85. The Labute approximate surface area is 79.1 Å². The predicted octanol–water partition coefficient (Wildman–Crippen LogP) is 2.76. The van der Waals surface area contributed by atoms with Crippen LogP contribution in [0.5, 0.6) is 0 Å². The van der Waals surface area contributed by atoms with Crippen molar-refractivity contribution in [3.8, 4) is 0 Å². The van der Waals surface area contributed by atoms with Crippen LogP contribution in [-0.2, 0) is 0 Å². The van der Waals surface area contributed by atoms with E-state index < -0.39 is 12.0 Å². The lowest BCUT2D eigenvalue weighted by molar-refractivity contribution is -0.0549. The SMILES string of the molecule is CC(C)C1N(C(C)C)CCC1(F)F. The monoisotopic (exact) mass is 191 g/mol. The first kappa shape index (κ1) is 10.9. The molecule has 1 aliphatic rings. The van der Waals surface area contributed by atoms with Crippen molar-refractivity contribution in [2.24, 2.45) is 5.92 Å². The second kappa shape index (κ2) is 3.52. The van der Waals surface area contributed by atoms with E-state index in [9.17, 15) is 8.78 Å². The number of likely N-dealkylation sites (tertiary alicyclic amines) is 1. The Morgan fingerprint density at radius 2 is 1.77 bits per heavy atom. The zero-order valence-corrected chi connectivity index (χ0v) is 8.85. The molecule has 0 aliphatic carbocycles. The largest absolute Gasteiger partial charge is 0.292 e. The molecule has 0 aromatic carbocycles. The highest BCUT2D eigenvalue weighted by atomic mass is 19.3. The van der Waals surface area contributed by atoms with Crippen LogP contribution in [-0.4, -0.2) is 29.5 Å². The number of rotatable bonds is 2. The second-order valence-corrected chi connectivity index (χ2v) is 4.53. The van der Waals surface area contributed by atoms with Gasteiger partial charge in [0, 0.05) is 19.0 Å². The standard InChI is InChI=1S/C10H19F2N/c1-7(2)9-10(11,12)5-6-13(9)8(3)4/h7-9H,5-6H2,1-4H3. The molecule has 0 aromatic heterocycles. The summed E-state index contributed by atoms with van der Waals surface area (Å²) in [6.45, 7) is 8.25. The molecule has 0 saturated carbocycles. The Morgan fingerprint density at radius 3 is 2.08 bits per heavy atom. The van der Waals surface area contributed by atoms with Crippen molar-refractivity contribution in [1.29, 1.82) is 0 Å². The summed E-state index contributed by atoms with van der Waals surface area (Å²) in [7, 11) is 0. The molecular weight excluding hydrogens is 172 g/mol. The normalized spacial score (nSPS) is 29.1. The van der Waals surface area contributed by atoms with E-state index in [0.717, 1.165) is 0 Å². The van der Waals surface area contributed by atoms with Gasteiger partial charge in [0.05, 0.1) is 6.04 Å². The van der Waals surface area contributed by atoms with Crippen LogP contribution >= 0.6 is 0 Å². The van der Waals surface area contributed by atoms with Gasteiger partial charge in [-0.3, -0.25) is 4.90 Å². The molecule has 13 heavy (non-hydrogen) atoms. The van der Waals surface area contributed by atoms with Gasteiger partial charge in [0.25, 0.3) is 5.92 Å². The maximum Gasteiger partial charge on any atom is 0.264 e. The van der Waals surface area contributed by atoms with Crippen LogP contribution in [0.2, 0.25) is 0 Å². The molecule has 1 rings (SSSR count). The first-order chi connectivity index (χ1) is 5.86. The summed E-state index contributed by atoms with van der Waals surface area (Å²) in [6, 6.07) is -0.340. The summed E-state index contributed by atoms with van der Waals surface area (Å²) in [6.07, 6.45) is 0.0219. The molecule has 1 fully saturated rings. The van der Waals surface area contributed by atoms with E-state index in [1.54, 1.807) is 0 Å². The number of halogens is 2. The molecule has 1 aliphatic heterocycles. The minimum Gasteiger partial charge on any atom is -0.292 e. The number of nitrogens with zero attached hydrogens (tertiary/aromatic N) is 1. The highest BCUT2D eigenvalue weighted by Gasteiger charge is 2.50. The molecule has 0 bridgehead atoms. The highest BCUT2D eigenvalue weighted by molar-refractivity contribution is 4.96. The third-order valence-electron chi connectivity index (χ3n) is 2.79. The summed E-state index contributed by atoms with van der Waals surface area (Å²) in [5.74, 6) is -2.46. The molecule has 1 unspecified atom stereocenters. The van der Waals surface area contributed by atoms with Crippen LogP contribution in [0.4, 0.5) is 8.78 Å². The van der Waals surface area contributed by atoms with Gasteiger partial charge < -0.3 is 0 Å². The van der Waals surface area contributed by atoms with Crippen molar-refractivity contribution in [1.82, 2.24) is 4.90 Å². The lowest BCUT2D eigenvalue weighted by Crippen LogP contribution is -2.45. The first-order valence-electron chi connectivity index (χ1n) is 5.00. The molecule has 1 atom stereocenters. The Balaban J connectivity index is 2.80. The molecule has 0 spiro atoms. The van der Waals surface area contributed by atoms with E-state index in [0.29, 0.717) is 6.54 Å². The number of alkyl halides is 2. The van der Waals surface area contributed by atoms with Crippen molar-refractivity contribution in [2.75, 3.05) is 6.54 Å². The third-order valence-corrected chi connectivity index (χ3v) is 2.79. The second-order valence-electron chi connectivity index (χ2n) is 4.53. The Bertz CT molecular complexity index is 178. The first-order valence-corrected chi connectivity index (χ1v) is 5.00. The average Bonchev–Trinajstić information content (AvgIpc) is 2.24. The van der Waals surface area contributed by atoms with Crippen molar-refractivity contribution >= 4 is 0 Å². The molecular formula is C10H19F2N. The van der Waals surface area contributed by atoms with Gasteiger partial charge in [-0.2, -0.15) is 0 Å². The van der Waals surface area contributed by atoms with Gasteiger partial charge in [0.15, 0.2) is 0 Å². The number of hydrogen-bond donors (Lipinski definition) is 0. The maximum atomic E-state index is 13.4. The van der Waals surface area contributed by atoms with Crippen molar-refractivity contribution in [3.05, 3.63) is 0 Å². The fraction of sp³-hybridized carbons (Fsp3) is 1.00.